The Morgan fingerprint density at radius 3 is 2.32 bits per heavy atom. The molecule has 6 unspecified atom stereocenters. The molecule has 9 rings (SSSR count). The molecule has 15 nitrogen and oxygen atoms in total. The summed E-state index contributed by atoms with van der Waals surface area (Å²) in [4.78, 5) is 57.6. The highest BCUT2D eigenvalue weighted by atomic mass is 16.7. The molecule has 0 aromatic heterocycles. The molecule has 0 radical (unpaired) electrons. The van der Waals surface area contributed by atoms with E-state index >= 15 is 9.59 Å². The molecule has 3 fully saturated rings. The second kappa shape index (κ2) is 18.7. The van der Waals surface area contributed by atoms with Gasteiger partial charge >= 0.3 is 5.97 Å². The van der Waals surface area contributed by atoms with Crippen molar-refractivity contribution in [2.75, 3.05) is 6.61 Å². The number of amides is 1. The van der Waals surface area contributed by atoms with Gasteiger partial charge in [-0.25, -0.2) is 4.79 Å². The predicted molar refractivity (Wildman–Crippen MR) is 253 cm³/mol. The molecule has 69 heavy (non-hydrogen) atoms. The van der Waals surface area contributed by atoms with Gasteiger partial charge < -0.3 is 54.2 Å². The zero-order chi connectivity index (χ0) is 50.0. The summed E-state index contributed by atoms with van der Waals surface area (Å²) in [6, 6.07) is 8.17. The molecule has 3 aliphatic carbocycles. The lowest BCUT2D eigenvalue weighted by atomic mass is 9.51. The minimum Gasteiger partial charge on any atom is -0.482 e. The summed E-state index contributed by atoms with van der Waals surface area (Å²) in [6.45, 7) is 16.0. The number of fused-ring (bicyclic) bond motifs is 2. The van der Waals surface area contributed by atoms with Crippen LogP contribution in [0.15, 0.2) is 83.0 Å². The van der Waals surface area contributed by atoms with Crippen LogP contribution in [0.1, 0.15) is 115 Å². The highest BCUT2D eigenvalue weighted by Crippen LogP contribution is 2.69. The van der Waals surface area contributed by atoms with Crippen molar-refractivity contribution in [3.05, 3.63) is 105 Å². The maximum Gasteiger partial charge on any atom is 0.328 e. The molecule has 2 aromatic carbocycles. The SMILES string of the molecule is CC(C)=CCCC1(C)C=Cc2c(c(CC=C(C)C)c3c(c2O[C@@H]2O[C@H](CO)[C@@H](O)[C@H](O)[C@H]2O)C(=O)C2=CC4CC5C(C)(C)OC(C/C=C(/C)C(=O)NC(C)C(=O)OCc6ccccc6)(C4=O)C25O3)O1. The van der Waals surface area contributed by atoms with E-state index in [4.69, 9.17) is 28.4 Å². The van der Waals surface area contributed by atoms with Gasteiger partial charge in [0.2, 0.25) is 12.2 Å². The van der Waals surface area contributed by atoms with Crippen molar-refractivity contribution in [1.82, 2.24) is 5.32 Å². The smallest absolute Gasteiger partial charge is 0.328 e. The molecular formula is C54H65NO14. The molecule has 370 valence electrons. The number of hydrogen-bond donors (Lipinski definition) is 5. The third kappa shape index (κ3) is 8.69. The van der Waals surface area contributed by atoms with Crippen molar-refractivity contribution in [2.45, 2.75) is 160 Å². The van der Waals surface area contributed by atoms with Gasteiger partial charge in [0.15, 0.2) is 22.8 Å². The second-order valence-electron chi connectivity index (χ2n) is 20.5. The lowest BCUT2D eigenvalue weighted by Gasteiger charge is -2.56. The number of nitrogens with one attached hydrogen (secondary N) is 1. The molecule has 1 amide bonds. The number of carbonyl (C=O) groups is 4. The number of aliphatic hydroxyl groups excluding tert-OH is 4. The Balaban J connectivity index is 1.24. The van der Waals surface area contributed by atoms with Crippen LogP contribution in [0.5, 0.6) is 17.2 Å². The normalized spacial score (nSPS) is 31.8. The van der Waals surface area contributed by atoms with E-state index in [9.17, 15) is 30.0 Å². The van der Waals surface area contributed by atoms with Crippen LogP contribution in [0, 0.1) is 11.8 Å². The first-order valence-electron chi connectivity index (χ1n) is 23.8. The lowest BCUT2D eigenvalue weighted by molar-refractivity contribution is -0.277. The van der Waals surface area contributed by atoms with E-state index in [0.29, 0.717) is 36.1 Å². The van der Waals surface area contributed by atoms with Gasteiger partial charge in [0.25, 0.3) is 0 Å². The molecule has 1 spiro atoms. The van der Waals surface area contributed by atoms with Gasteiger partial charge in [-0.3, -0.25) is 14.4 Å². The van der Waals surface area contributed by atoms with Crippen molar-refractivity contribution in [2.24, 2.45) is 11.8 Å². The van der Waals surface area contributed by atoms with Gasteiger partial charge in [0, 0.05) is 35.0 Å². The third-order valence-corrected chi connectivity index (χ3v) is 14.5. The average Bonchev–Trinajstić information content (AvgIpc) is 3.46. The Bertz CT molecular complexity index is 2560. The van der Waals surface area contributed by atoms with E-state index in [2.05, 4.69) is 11.4 Å². The van der Waals surface area contributed by atoms with Crippen LogP contribution < -0.4 is 19.5 Å². The van der Waals surface area contributed by atoms with Gasteiger partial charge in [-0.15, -0.1) is 0 Å². The number of carbonyl (C=O) groups excluding carboxylic acids is 4. The number of ether oxygens (including phenoxy) is 6. The van der Waals surface area contributed by atoms with Crippen LogP contribution in [0.2, 0.25) is 0 Å². The zero-order valence-corrected chi connectivity index (χ0v) is 40.8. The van der Waals surface area contributed by atoms with E-state index in [1.165, 1.54) is 6.92 Å². The summed E-state index contributed by atoms with van der Waals surface area (Å²) >= 11 is 0. The van der Waals surface area contributed by atoms with Crippen LogP contribution in [-0.4, -0.2) is 110 Å². The number of allylic oxidation sites excluding steroid dienone is 5. The molecule has 5 N–H and O–H groups in total. The van der Waals surface area contributed by atoms with Crippen LogP contribution >= 0.6 is 0 Å². The summed E-state index contributed by atoms with van der Waals surface area (Å²) in [7, 11) is 0. The van der Waals surface area contributed by atoms with Gasteiger partial charge in [-0.2, -0.15) is 0 Å². The average molecular weight is 952 g/mol. The number of ketones is 2. The monoisotopic (exact) mass is 951 g/mol. The van der Waals surface area contributed by atoms with E-state index < -0.39 is 95.3 Å². The summed E-state index contributed by atoms with van der Waals surface area (Å²) in [5.41, 5.74) is -1.37. The van der Waals surface area contributed by atoms with Crippen molar-refractivity contribution in [3.8, 4) is 17.2 Å². The number of hydrogen-bond acceptors (Lipinski definition) is 14. The van der Waals surface area contributed by atoms with Gasteiger partial charge in [0.05, 0.1) is 17.8 Å². The number of Topliss-reactive ketones (excluding diaryl/α,β-unsaturated/α-hetero) is 2. The molecule has 15 heteroatoms. The molecule has 4 bridgehead atoms. The molecule has 7 aliphatic rings. The topological polar surface area (TPSA) is 217 Å². The van der Waals surface area contributed by atoms with E-state index in [1.807, 2.05) is 91.0 Å². The maximum absolute atomic E-state index is 15.8. The number of esters is 1. The van der Waals surface area contributed by atoms with Crippen LogP contribution in [0.4, 0.5) is 0 Å². The van der Waals surface area contributed by atoms with Crippen LogP contribution in [0.25, 0.3) is 6.08 Å². The summed E-state index contributed by atoms with van der Waals surface area (Å²) in [6.07, 6.45) is 4.37. The minimum absolute atomic E-state index is 0.0345. The fourth-order valence-electron chi connectivity index (χ4n) is 10.8. The lowest BCUT2D eigenvalue weighted by Crippen LogP contribution is -2.72. The van der Waals surface area contributed by atoms with E-state index in [1.54, 1.807) is 25.2 Å². The fraction of sp³-hybridized carbons (Fsp3) is 0.519. The van der Waals surface area contributed by atoms with Crippen molar-refractivity contribution < 1.29 is 68.0 Å². The van der Waals surface area contributed by atoms with Crippen molar-refractivity contribution in [1.29, 1.82) is 0 Å². The molecule has 1 saturated carbocycles. The first-order valence-corrected chi connectivity index (χ1v) is 23.8. The highest BCUT2D eigenvalue weighted by Gasteiger charge is 2.81. The molecule has 4 aliphatic heterocycles. The fourth-order valence-corrected chi connectivity index (χ4v) is 10.8. The third-order valence-electron chi connectivity index (χ3n) is 14.5. The van der Waals surface area contributed by atoms with Gasteiger partial charge in [-0.05, 0) is 106 Å². The van der Waals surface area contributed by atoms with Crippen molar-refractivity contribution >= 4 is 29.5 Å². The van der Waals surface area contributed by atoms with Gasteiger partial charge in [0.1, 0.15) is 65.5 Å². The Labute approximate surface area is 402 Å². The Morgan fingerprint density at radius 2 is 1.64 bits per heavy atom. The molecule has 2 aromatic rings. The Morgan fingerprint density at radius 1 is 0.928 bits per heavy atom. The number of rotatable bonds is 15. The molecule has 11 atom stereocenters. The standard InChI is InChI=1S/C54H65NO14/c1-28(2)14-13-21-52(9)22-20-35-44(67-52)34(18-17-29(3)4)46-39(45(35)66-50-43(60)42(59)41(58)37(26-56)65-50)40(57)36-24-33-25-38-51(7,8)69-53(47(33)61,54(36,38)68-46)23-19-30(5)48(62)55-31(6)49(63)64-27-32-15-11-10-12-16-32/h10-12,14-17,19-20,22,24,31,33,37-38,41-43,50,56,58-60H,13,18,21,23,25-27H2,1-9H3,(H,55,62)/b30-19-/t31?,33?,37-,38?,41-,42+,43-,50+,52?,53?,54?/m1/s1. The summed E-state index contributed by atoms with van der Waals surface area (Å²) < 4.78 is 39.3. The van der Waals surface area contributed by atoms with Crippen LogP contribution in [-0.2, 0) is 41.6 Å². The van der Waals surface area contributed by atoms with Crippen LogP contribution in [0.3, 0.4) is 0 Å². The van der Waals surface area contributed by atoms with Crippen molar-refractivity contribution in [3.63, 3.8) is 0 Å². The Hall–Kier alpha value is -5.42. The highest BCUT2D eigenvalue weighted by molar-refractivity contribution is 6.19. The first kappa shape index (κ1) is 50.0. The van der Waals surface area contributed by atoms with E-state index in [-0.39, 0.29) is 53.4 Å². The van der Waals surface area contributed by atoms with E-state index in [0.717, 1.165) is 16.7 Å². The molecule has 4 heterocycles. The number of benzene rings is 2. The largest absolute Gasteiger partial charge is 0.482 e. The zero-order valence-electron chi connectivity index (χ0n) is 40.8. The predicted octanol–water partition coefficient (Wildman–Crippen LogP) is 5.88. The first-order chi connectivity index (χ1) is 32.6. The summed E-state index contributed by atoms with van der Waals surface area (Å²) in [5, 5.41) is 45.6. The number of aliphatic hydroxyl groups is 4. The Kier molecular flexibility index (Phi) is 13.6. The molecule has 2 saturated heterocycles. The van der Waals surface area contributed by atoms with Gasteiger partial charge in [-0.1, -0.05) is 65.8 Å². The minimum atomic E-state index is -1.82. The molecular weight excluding hydrogens is 887 g/mol. The quantitative estimate of drug-likeness (QED) is 0.0802. The summed E-state index contributed by atoms with van der Waals surface area (Å²) in [5.74, 6) is -3.04. The second-order valence-corrected chi connectivity index (χ2v) is 20.5. The maximum atomic E-state index is 15.8.